The third-order valence-corrected chi connectivity index (χ3v) is 4.22. The lowest BCUT2D eigenvalue weighted by atomic mass is 10.2. The third kappa shape index (κ3) is 2.37. The summed E-state index contributed by atoms with van der Waals surface area (Å²) in [4.78, 5) is 11.7. The van der Waals surface area contributed by atoms with Gasteiger partial charge in [-0.25, -0.2) is 0 Å². The first kappa shape index (κ1) is 14.1. The normalized spacial score (nSPS) is 11.3. The average molecular weight is 295 g/mol. The summed E-state index contributed by atoms with van der Waals surface area (Å²) >= 11 is 0. The van der Waals surface area contributed by atoms with Gasteiger partial charge in [-0.3, -0.25) is 4.79 Å². The summed E-state index contributed by atoms with van der Waals surface area (Å²) < 4.78 is 29.9. The van der Waals surface area contributed by atoms with Crippen molar-refractivity contribution in [3.05, 3.63) is 46.2 Å². The summed E-state index contributed by atoms with van der Waals surface area (Å²) in [6, 6.07) is 7.03. The molecule has 106 valence electrons. The average Bonchev–Trinajstić information content (AvgIpc) is 2.39. The van der Waals surface area contributed by atoms with Crippen molar-refractivity contribution >= 4 is 15.7 Å². The maximum Gasteiger partial charge on any atom is 0.286 e. The smallest absolute Gasteiger partial charge is 0.286 e. The van der Waals surface area contributed by atoms with Crippen LogP contribution in [0.15, 0.2) is 40.0 Å². The van der Waals surface area contributed by atoms with Crippen molar-refractivity contribution in [2.45, 2.75) is 11.8 Å². The van der Waals surface area contributed by atoms with Crippen LogP contribution in [0.2, 0.25) is 0 Å². The highest BCUT2D eigenvalue weighted by Gasteiger charge is 2.21. The molecule has 0 fully saturated rings. The molecule has 0 aliphatic rings. The molecule has 2 aromatic rings. The van der Waals surface area contributed by atoms with Gasteiger partial charge in [0.1, 0.15) is 5.69 Å². The number of rotatable bonds is 3. The molecular formula is C12H13N3O4S. The summed E-state index contributed by atoms with van der Waals surface area (Å²) in [7, 11) is -2.79. The molecule has 0 atom stereocenters. The number of hydrogen-bond donors (Lipinski definition) is 1. The lowest BCUT2D eigenvalue weighted by Gasteiger charge is -2.09. The Balaban J connectivity index is 2.66. The van der Waals surface area contributed by atoms with Gasteiger partial charge in [0.05, 0.1) is 12.0 Å². The highest BCUT2D eigenvalue weighted by Crippen LogP contribution is 2.17. The van der Waals surface area contributed by atoms with Gasteiger partial charge in [-0.05, 0) is 19.1 Å². The zero-order valence-corrected chi connectivity index (χ0v) is 11.7. The van der Waals surface area contributed by atoms with E-state index in [1.165, 1.54) is 19.2 Å². The lowest BCUT2D eigenvalue weighted by molar-refractivity contribution is 0.390. The van der Waals surface area contributed by atoms with E-state index in [4.69, 9.17) is 10.5 Å². The highest BCUT2D eigenvalue weighted by molar-refractivity contribution is 7.89. The first-order valence-electron chi connectivity index (χ1n) is 5.62. The molecule has 1 aromatic carbocycles. The fourth-order valence-electron chi connectivity index (χ4n) is 1.58. The molecule has 0 aliphatic heterocycles. The Morgan fingerprint density at radius 1 is 1.25 bits per heavy atom. The molecule has 0 aliphatic carbocycles. The van der Waals surface area contributed by atoms with Crippen LogP contribution in [-0.2, 0) is 10.0 Å². The maximum atomic E-state index is 12.3. The highest BCUT2D eigenvalue weighted by atomic mass is 32.2. The monoisotopic (exact) mass is 295 g/mol. The molecule has 7 nitrogen and oxygen atoms in total. The quantitative estimate of drug-likeness (QED) is 0.877. The number of hydrogen-bond acceptors (Lipinski definition) is 6. The zero-order chi connectivity index (χ0) is 14.9. The molecule has 2 rings (SSSR count). The second kappa shape index (κ2) is 4.97. The van der Waals surface area contributed by atoms with Crippen LogP contribution in [0.5, 0.6) is 5.88 Å². The third-order valence-electron chi connectivity index (χ3n) is 2.64. The van der Waals surface area contributed by atoms with E-state index in [0.29, 0.717) is 4.09 Å². The minimum atomic E-state index is -4.08. The van der Waals surface area contributed by atoms with E-state index in [2.05, 4.69) is 5.10 Å². The van der Waals surface area contributed by atoms with Crippen molar-refractivity contribution in [3.8, 4) is 5.88 Å². The number of ether oxygens (including phenoxy) is 1. The largest absolute Gasteiger partial charge is 0.478 e. The van der Waals surface area contributed by atoms with Gasteiger partial charge in [-0.1, -0.05) is 17.7 Å². The molecule has 0 spiro atoms. The van der Waals surface area contributed by atoms with Crippen LogP contribution in [-0.4, -0.2) is 24.7 Å². The second-order valence-corrected chi connectivity index (χ2v) is 5.88. The zero-order valence-electron chi connectivity index (χ0n) is 10.9. The lowest BCUT2D eigenvalue weighted by Crippen LogP contribution is -2.30. The summed E-state index contributed by atoms with van der Waals surface area (Å²) in [5.74, 6) is -0.125. The first-order valence-corrected chi connectivity index (χ1v) is 7.06. The van der Waals surface area contributed by atoms with Crippen LogP contribution in [0.4, 0.5) is 5.69 Å². The number of aryl methyl sites for hydroxylation is 1. The van der Waals surface area contributed by atoms with Crippen LogP contribution >= 0.6 is 0 Å². The summed E-state index contributed by atoms with van der Waals surface area (Å²) in [5.41, 5.74) is 5.54. The molecule has 0 unspecified atom stereocenters. The van der Waals surface area contributed by atoms with Crippen molar-refractivity contribution in [1.29, 1.82) is 0 Å². The van der Waals surface area contributed by atoms with E-state index < -0.39 is 15.6 Å². The maximum absolute atomic E-state index is 12.3. The molecule has 8 heteroatoms. The van der Waals surface area contributed by atoms with E-state index in [1.807, 2.05) is 6.92 Å². The van der Waals surface area contributed by atoms with Crippen LogP contribution in [0.1, 0.15) is 5.56 Å². The Morgan fingerprint density at radius 2 is 1.85 bits per heavy atom. The topological polar surface area (TPSA) is 104 Å². The number of anilines is 1. The molecule has 0 radical (unpaired) electrons. The minimum absolute atomic E-state index is 0.0205. The van der Waals surface area contributed by atoms with Crippen molar-refractivity contribution in [3.63, 3.8) is 0 Å². The second-order valence-electron chi connectivity index (χ2n) is 4.11. The number of nitrogens with zero attached hydrogens (tertiary/aromatic N) is 2. The summed E-state index contributed by atoms with van der Waals surface area (Å²) in [6.07, 6.45) is 0. The molecule has 0 bridgehead atoms. The van der Waals surface area contributed by atoms with Gasteiger partial charge in [0, 0.05) is 6.07 Å². The molecule has 0 saturated carbocycles. The molecule has 1 aromatic heterocycles. The van der Waals surface area contributed by atoms with Crippen molar-refractivity contribution in [1.82, 2.24) is 9.19 Å². The van der Waals surface area contributed by atoms with Gasteiger partial charge < -0.3 is 10.5 Å². The van der Waals surface area contributed by atoms with Gasteiger partial charge in [-0.15, -0.1) is 9.19 Å². The molecule has 0 saturated heterocycles. The Hall–Kier alpha value is -2.35. The Kier molecular flexibility index (Phi) is 3.49. The standard InChI is InChI=1S/C12H13N3O4S/c1-8-3-5-9(6-4-8)20(17,18)15-11(16)7-10(13)12(14-15)19-2/h3-7H,13H2,1-2H3. The number of aromatic nitrogens is 2. The first-order chi connectivity index (χ1) is 9.36. The van der Waals surface area contributed by atoms with Gasteiger partial charge in [0.25, 0.3) is 21.5 Å². The van der Waals surface area contributed by atoms with Gasteiger partial charge in [0.2, 0.25) is 0 Å². The Morgan fingerprint density at radius 3 is 2.40 bits per heavy atom. The fraction of sp³-hybridized carbons (Fsp3) is 0.167. The molecule has 2 N–H and O–H groups in total. The van der Waals surface area contributed by atoms with Crippen molar-refractivity contribution in [2.75, 3.05) is 12.8 Å². The van der Waals surface area contributed by atoms with Crippen LogP contribution in [0.3, 0.4) is 0 Å². The van der Waals surface area contributed by atoms with Gasteiger partial charge in [0.15, 0.2) is 0 Å². The van der Waals surface area contributed by atoms with E-state index in [0.717, 1.165) is 11.6 Å². The predicted molar refractivity (Wildman–Crippen MR) is 73.2 cm³/mol. The minimum Gasteiger partial charge on any atom is -0.478 e. The van der Waals surface area contributed by atoms with Gasteiger partial charge >= 0.3 is 0 Å². The molecule has 20 heavy (non-hydrogen) atoms. The van der Waals surface area contributed by atoms with Crippen LogP contribution in [0, 0.1) is 6.92 Å². The van der Waals surface area contributed by atoms with Crippen molar-refractivity contribution < 1.29 is 13.2 Å². The number of nitrogen functional groups attached to an aromatic ring is 1. The number of nitrogens with two attached hydrogens (primary N) is 1. The predicted octanol–water partition coefficient (Wildman–Crippen LogP) is 0.380. The Bertz CT molecular complexity index is 794. The number of benzene rings is 1. The summed E-state index contributed by atoms with van der Waals surface area (Å²) in [6.45, 7) is 1.83. The van der Waals surface area contributed by atoms with E-state index in [-0.39, 0.29) is 16.5 Å². The fourth-order valence-corrected chi connectivity index (χ4v) is 2.73. The summed E-state index contributed by atoms with van der Waals surface area (Å²) in [5, 5.41) is 3.63. The Labute approximate surface area is 115 Å². The van der Waals surface area contributed by atoms with E-state index in [9.17, 15) is 13.2 Å². The molecular weight excluding hydrogens is 282 g/mol. The molecule has 0 amide bonds. The number of methoxy groups -OCH3 is 1. The SMILES string of the molecule is COc1nn(S(=O)(=O)c2ccc(C)cc2)c(=O)cc1N. The van der Waals surface area contributed by atoms with Crippen molar-refractivity contribution in [2.24, 2.45) is 0 Å². The molecule has 1 heterocycles. The van der Waals surface area contributed by atoms with E-state index in [1.54, 1.807) is 12.1 Å². The van der Waals surface area contributed by atoms with E-state index >= 15 is 0 Å². The van der Waals surface area contributed by atoms with Crippen LogP contribution < -0.4 is 16.0 Å². The van der Waals surface area contributed by atoms with Crippen LogP contribution in [0.25, 0.3) is 0 Å². The van der Waals surface area contributed by atoms with Gasteiger partial charge in [-0.2, -0.15) is 8.42 Å².